The van der Waals surface area contributed by atoms with Crippen LogP contribution in [0, 0.1) is 16.0 Å². The van der Waals surface area contributed by atoms with E-state index in [1.807, 2.05) is 6.92 Å². The summed E-state index contributed by atoms with van der Waals surface area (Å²) in [4.78, 5) is 28.4. The van der Waals surface area contributed by atoms with Gasteiger partial charge < -0.3 is 10.6 Å². The lowest BCUT2D eigenvalue weighted by Gasteiger charge is -2.37. The predicted molar refractivity (Wildman–Crippen MR) is 78.2 cm³/mol. The highest BCUT2D eigenvalue weighted by molar-refractivity contribution is 6.29. The van der Waals surface area contributed by atoms with E-state index < -0.39 is 10.8 Å². The monoisotopic (exact) mass is 312 g/mol. The number of carbonyl (C=O) groups excluding carboxylic acids is 1. The summed E-state index contributed by atoms with van der Waals surface area (Å²) < 4.78 is 0. The minimum Gasteiger partial charge on any atom is -0.335 e. The van der Waals surface area contributed by atoms with Crippen LogP contribution >= 0.6 is 11.6 Å². The van der Waals surface area contributed by atoms with Gasteiger partial charge in [-0.2, -0.15) is 0 Å². The van der Waals surface area contributed by atoms with Crippen LogP contribution in [0.1, 0.15) is 30.1 Å². The van der Waals surface area contributed by atoms with Crippen molar-refractivity contribution in [2.45, 2.75) is 25.8 Å². The van der Waals surface area contributed by atoms with Crippen molar-refractivity contribution in [1.82, 2.24) is 9.88 Å². The molecule has 0 radical (unpaired) electrons. The van der Waals surface area contributed by atoms with Crippen molar-refractivity contribution in [2.75, 3.05) is 13.1 Å². The van der Waals surface area contributed by atoms with E-state index in [1.54, 1.807) is 4.90 Å². The number of rotatable bonds is 3. The Bertz CT molecular complexity index is 566. The number of carbonyl (C=O) groups is 1. The fourth-order valence-corrected chi connectivity index (χ4v) is 2.71. The van der Waals surface area contributed by atoms with E-state index in [0.29, 0.717) is 13.1 Å². The smallest absolute Gasteiger partial charge is 0.300 e. The number of aromatic nitrogens is 1. The van der Waals surface area contributed by atoms with Crippen molar-refractivity contribution in [3.05, 3.63) is 33.1 Å². The standard InChI is InChI=1S/C13H17ClN4O3/c1-8-2-3-9(5-15)7-17(8)13(19)10-4-12(14)16-6-11(10)18(20)21/h4,6,8-9H,2-3,5,7,15H2,1H3. The molecule has 1 aromatic heterocycles. The topological polar surface area (TPSA) is 102 Å². The zero-order chi connectivity index (χ0) is 15.6. The number of nitrogens with two attached hydrogens (primary N) is 1. The van der Waals surface area contributed by atoms with E-state index in [9.17, 15) is 14.9 Å². The van der Waals surface area contributed by atoms with Crippen LogP contribution in [0.5, 0.6) is 0 Å². The number of hydrogen-bond donors (Lipinski definition) is 1. The van der Waals surface area contributed by atoms with E-state index in [2.05, 4.69) is 4.98 Å². The number of nitro groups is 1. The Hall–Kier alpha value is -1.73. The molecule has 0 saturated carbocycles. The number of hydrogen-bond acceptors (Lipinski definition) is 5. The number of halogens is 1. The molecule has 2 heterocycles. The van der Waals surface area contributed by atoms with Crippen molar-refractivity contribution in [2.24, 2.45) is 11.7 Å². The van der Waals surface area contributed by atoms with E-state index in [4.69, 9.17) is 17.3 Å². The molecule has 1 saturated heterocycles. The summed E-state index contributed by atoms with van der Waals surface area (Å²) in [5.74, 6) is -0.168. The molecule has 8 heteroatoms. The molecule has 2 atom stereocenters. The summed E-state index contributed by atoms with van der Waals surface area (Å²) in [6, 6.07) is 1.27. The van der Waals surface area contributed by atoms with Gasteiger partial charge in [-0.1, -0.05) is 11.6 Å². The van der Waals surface area contributed by atoms with Gasteiger partial charge in [0.25, 0.3) is 11.6 Å². The molecule has 1 fully saturated rings. The maximum Gasteiger partial charge on any atom is 0.300 e. The molecule has 1 aromatic rings. The molecular formula is C13H17ClN4O3. The lowest BCUT2D eigenvalue weighted by atomic mass is 9.93. The molecular weight excluding hydrogens is 296 g/mol. The van der Waals surface area contributed by atoms with Crippen LogP contribution in [-0.2, 0) is 0 Å². The lowest BCUT2D eigenvalue weighted by Crippen LogP contribution is -2.47. The quantitative estimate of drug-likeness (QED) is 0.521. The third-order valence-corrected chi connectivity index (χ3v) is 4.06. The molecule has 0 aliphatic carbocycles. The van der Waals surface area contributed by atoms with Gasteiger partial charge in [-0.25, -0.2) is 4.98 Å². The van der Waals surface area contributed by atoms with E-state index in [1.165, 1.54) is 6.07 Å². The summed E-state index contributed by atoms with van der Waals surface area (Å²) in [6.45, 7) is 2.93. The molecule has 114 valence electrons. The van der Waals surface area contributed by atoms with Crippen LogP contribution in [0.25, 0.3) is 0 Å². The fraction of sp³-hybridized carbons (Fsp3) is 0.538. The Labute approximate surface area is 127 Å². The third kappa shape index (κ3) is 3.30. The first-order valence-electron chi connectivity index (χ1n) is 6.75. The number of nitrogens with zero attached hydrogens (tertiary/aromatic N) is 3. The molecule has 0 bridgehead atoms. The molecule has 1 aliphatic heterocycles. The number of pyridine rings is 1. The fourth-order valence-electron chi connectivity index (χ4n) is 2.55. The molecule has 0 spiro atoms. The van der Waals surface area contributed by atoms with Gasteiger partial charge in [-0.3, -0.25) is 14.9 Å². The van der Waals surface area contributed by atoms with Gasteiger partial charge >= 0.3 is 0 Å². The summed E-state index contributed by atoms with van der Waals surface area (Å²) in [5, 5.41) is 11.1. The number of amides is 1. The van der Waals surface area contributed by atoms with Crippen molar-refractivity contribution in [3.8, 4) is 0 Å². The van der Waals surface area contributed by atoms with Gasteiger partial charge in [0.05, 0.1) is 4.92 Å². The summed E-state index contributed by atoms with van der Waals surface area (Å²) in [6.07, 6.45) is 2.81. The second-order valence-electron chi connectivity index (χ2n) is 5.27. The van der Waals surface area contributed by atoms with Gasteiger partial charge in [0.15, 0.2) is 0 Å². The van der Waals surface area contributed by atoms with Crippen molar-refractivity contribution in [3.63, 3.8) is 0 Å². The molecule has 1 aliphatic rings. The van der Waals surface area contributed by atoms with E-state index in [-0.39, 0.29) is 28.4 Å². The van der Waals surface area contributed by atoms with Crippen molar-refractivity contribution < 1.29 is 9.72 Å². The van der Waals surface area contributed by atoms with Crippen LogP contribution in [0.15, 0.2) is 12.3 Å². The molecule has 7 nitrogen and oxygen atoms in total. The summed E-state index contributed by atoms with van der Waals surface area (Å²) in [7, 11) is 0. The first kappa shape index (κ1) is 15.7. The molecule has 2 rings (SSSR count). The van der Waals surface area contributed by atoms with Gasteiger partial charge in [0.1, 0.15) is 16.9 Å². The SMILES string of the molecule is CC1CCC(CN)CN1C(=O)c1cc(Cl)ncc1[N+](=O)[O-]. The molecule has 1 amide bonds. The minimum absolute atomic E-state index is 0.0202. The van der Waals surface area contributed by atoms with Gasteiger partial charge in [-0.15, -0.1) is 0 Å². The van der Waals surface area contributed by atoms with Crippen LogP contribution < -0.4 is 5.73 Å². The third-order valence-electron chi connectivity index (χ3n) is 3.85. The Morgan fingerprint density at radius 2 is 2.33 bits per heavy atom. The summed E-state index contributed by atoms with van der Waals surface area (Å²) >= 11 is 5.77. The molecule has 0 aromatic carbocycles. The molecule has 21 heavy (non-hydrogen) atoms. The van der Waals surface area contributed by atoms with E-state index >= 15 is 0 Å². The molecule has 2 unspecified atom stereocenters. The van der Waals surface area contributed by atoms with Gasteiger partial charge in [-0.05, 0) is 38.3 Å². The highest BCUT2D eigenvalue weighted by Gasteiger charge is 2.32. The minimum atomic E-state index is -0.619. The van der Waals surface area contributed by atoms with Crippen molar-refractivity contribution in [1.29, 1.82) is 0 Å². The predicted octanol–water partition coefficient (Wildman–Crippen LogP) is 1.84. The van der Waals surface area contributed by atoms with Gasteiger partial charge in [0, 0.05) is 12.6 Å². The average molecular weight is 313 g/mol. The first-order chi connectivity index (χ1) is 9.93. The largest absolute Gasteiger partial charge is 0.335 e. The van der Waals surface area contributed by atoms with Crippen LogP contribution in [-0.4, -0.2) is 39.8 Å². The Balaban J connectivity index is 2.34. The number of likely N-dealkylation sites (tertiary alicyclic amines) is 1. The van der Waals surface area contributed by atoms with Crippen LogP contribution in [0.4, 0.5) is 5.69 Å². The Morgan fingerprint density at radius 1 is 1.62 bits per heavy atom. The second kappa shape index (κ2) is 6.36. The van der Waals surface area contributed by atoms with E-state index in [0.717, 1.165) is 19.0 Å². The number of piperidine rings is 1. The maximum absolute atomic E-state index is 12.6. The highest BCUT2D eigenvalue weighted by Crippen LogP contribution is 2.27. The zero-order valence-corrected chi connectivity index (χ0v) is 12.4. The summed E-state index contributed by atoms with van der Waals surface area (Å²) in [5.41, 5.74) is 5.32. The second-order valence-corrected chi connectivity index (χ2v) is 5.65. The first-order valence-corrected chi connectivity index (χ1v) is 7.12. The van der Waals surface area contributed by atoms with Crippen molar-refractivity contribution >= 4 is 23.2 Å². The highest BCUT2D eigenvalue weighted by atomic mass is 35.5. The average Bonchev–Trinajstić information content (AvgIpc) is 2.46. The Kier molecular flexibility index (Phi) is 4.74. The van der Waals surface area contributed by atoms with Crippen LogP contribution in [0.2, 0.25) is 5.15 Å². The molecule has 2 N–H and O–H groups in total. The zero-order valence-electron chi connectivity index (χ0n) is 11.7. The Morgan fingerprint density at radius 3 is 2.95 bits per heavy atom. The normalized spacial score (nSPS) is 22.1. The van der Waals surface area contributed by atoms with Crippen LogP contribution in [0.3, 0.4) is 0 Å². The lowest BCUT2D eigenvalue weighted by molar-refractivity contribution is -0.385. The maximum atomic E-state index is 12.6. The van der Waals surface area contributed by atoms with Gasteiger partial charge in [0.2, 0.25) is 0 Å².